The van der Waals surface area contributed by atoms with Gasteiger partial charge in [-0.15, -0.1) is 0 Å². The Morgan fingerprint density at radius 1 is 1.07 bits per heavy atom. The van der Waals surface area contributed by atoms with Gasteiger partial charge in [-0.3, -0.25) is 4.79 Å². The van der Waals surface area contributed by atoms with Crippen LogP contribution in [0.2, 0.25) is 0 Å². The molecule has 30 heavy (non-hydrogen) atoms. The molecule has 0 aliphatic carbocycles. The summed E-state index contributed by atoms with van der Waals surface area (Å²) >= 11 is 0. The van der Waals surface area contributed by atoms with Gasteiger partial charge in [0.15, 0.2) is 0 Å². The average molecular weight is 436 g/mol. The minimum atomic E-state index is -3.43. The lowest BCUT2D eigenvalue weighted by molar-refractivity contribution is -0.117. The number of hydrogen-bond donors (Lipinski definition) is 1. The van der Waals surface area contributed by atoms with Crippen LogP contribution in [0.4, 0.5) is 4.79 Å². The molecule has 3 rings (SSSR count). The Morgan fingerprint density at radius 2 is 1.70 bits per heavy atom. The van der Waals surface area contributed by atoms with Crippen LogP contribution < -0.4 is 5.32 Å². The van der Waals surface area contributed by atoms with Crippen LogP contribution in [0, 0.1) is 0 Å². The van der Waals surface area contributed by atoms with Gasteiger partial charge < -0.3 is 15.0 Å². The zero-order valence-electron chi connectivity index (χ0n) is 17.0. The van der Waals surface area contributed by atoms with Gasteiger partial charge in [0.2, 0.25) is 15.9 Å². The van der Waals surface area contributed by atoms with E-state index in [9.17, 15) is 18.0 Å². The molecule has 1 aromatic rings. The predicted molar refractivity (Wildman–Crippen MR) is 113 cm³/mol. The highest BCUT2D eigenvalue weighted by Gasteiger charge is 2.37. The van der Waals surface area contributed by atoms with E-state index in [-0.39, 0.29) is 18.6 Å². The summed E-state index contributed by atoms with van der Waals surface area (Å²) in [4.78, 5) is 25.3. The van der Waals surface area contributed by atoms with Crippen molar-refractivity contribution in [3.63, 3.8) is 0 Å². The topological polar surface area (TPSA) is 96.0 Å². The van der Waals surface area contributed by atoms with Crippen molar-refractivity contribution in [1.82, 2.24) is 14.5 Å². The number of amides is 2. The van der Waals surface area contributed by atoms with E-state index < -0.39 is 21.4 Å². The molecular formula is C21H29N3O5S. The van der Waals surface area contributed by atoms with E-state index in [1.807, 2.05) is 30.3 Å². The number of likely N-dealkylation sites (tertiary alicyclic amines) is 1. The van der Waals surface area contributed by atoms with Gasteiger partial charge in [0.25, 0.3) is 0 Å². The van der Waals surface area contributed by atoms with Crippen LogP contribution in [0.3, 0.4) is 0 Å². The number of piperidine rings is 2. The summed E-state index contributed by atoms with van der Waals surface area (Å²) < 4.78 is 32.9. The number of carbonyl (C=O) groups is 2. The van der Waals surface area contributed by atoms with Gasteiger partial charge in [0.1, 0.15) is 6.61 Å². The molecule has 2 aliphatic rings. The normalized spacial score (nSPS) is 19.3. The summed E-state index contributed by atoms with van der Waals surface area (Å²) in [5.74, 6) is -0.233. The summed E-state index contributed by atoms with van der Waals surface area (Å²) in [7, 11) is -3.43. The highest BCUT2D eigenvalue weighted by molar-refractivity contribution is 7.89. The van der Waals surface area contributed by atoms with Gasteiger partial charge in [-0.2, -0.15) is 0 Å². The Morgan fingerprint density at radius 3 is 2.30 bits per heavy atom. The highest BCUT2D eigenvalue weighted by Crippen LogP contribution is 2.24. The van der Waals surface area contributed by atoms with Gasteiger partial charge in [0.05, 0.1) is 5.25 Å². The molecule has 0 atom stereocenters. The van der Waals surface area contributed by atoms with Crippen molar-refractivity contribution in [1.29, 1.82) is 0 Å². The Balaban J connectivity index is 1.45. The minimum absolute atomic E-state index is 0.0248. The largest absolute Gasteiger partial charge is 0.445 e. The van der Waals surface area contributed by atoms with Gasteiger partial charge in [-0.05, 0) is 37.3 Å². The molecule has 2 saturated heterocycles. The van der Waals surface area contributed by atoms with Crippen LogP contribution >= 0.6 is 0 Å². The first-order valence-electron chi connectivity index (χ1n) is 10.3. The molecule has 0 radical (unpaired) electrons. The van der Waals surface area contributed by atoms with Crippen LogP contribution in [-0.4, -0.2) is 67.1 Å². The standard InChI is InChI=1S/C21H29N3O5S/c1-2-20(25)22-18-8-14-24(15-9-18)30(27,28)19-10-12-23(13-11-19)21(26)29-16-17-6-4-3-5-7-17/h2-7,18-19H,1,8-16H2,(H,22,25). The zero-order chi connectivity index (χ0) is 21.6. The first-order valence-corrected chi connectivity index (χ1v) is 11.8. The molecule has 0 spiro atoms. The SMILES string of the molecule is C=CC(=O)NC1CCN(S(=O)(=O)C2CCN(C(=O)OCc3ccccc3)CC2)CC1. The maximum Gasteiger partial charge on any atom is 0.410 e. The van der Waals surface area contributed by atoms with E-state index in [0.29, 0.717) is 51.9 Å². The van der Waals surface area contributed by atoms with Crippen molar-refractivity contribution in [2.24, 2.45) is 0 Å². The van der Waals surface area contributed by atoms with Crippen LogP contribution in [0.25, 0.3) is 0 Å². The molecule has 0 aromatic heterocycles. The monoisotopic (exact) mass is 435 g/mol. The average Bonchev–Trinajstić information content (AvgIpc) is 2.78. The van der Waals surface area contributed by atoms with Crippen molar-refractivity contribution in [3.05, 3.63) is 48.6 Å². The number of hydrogen-bond acceptors (Lipinski definition) is 5. The number of sulfonamides is 1. The Hall–Kier alpha value is -2.39. The second-order valence-electron chi connectivity index (χ2n) is 7.66. The third kappa shape index (κ3) is 5.60. The number of nitrogens with zero attached hydrogens (tertiary/aromatic N) is 2. The third-order valence-electron chi connectivity index (χ3n) is 5.67. The fourth-order valence-corrected chi connectivity index (χ4v) is 5.82. The quantitative estimate of drug-likeness (QED) is 0.689. The lowest BCUT2D eigenvalue weighted by atomic mass is 10.1. The maximum atomic E-state index is 13.0. The number of rotatable bonds is 6. The number of benzene rings is 1. The molecule has 0 unspecified atom stereocenters. The van der Waals surface area contributed by atoms with Crippen molar-refractivity contribution >= 4 is 22.0 Å². The molecule has 164 valence electrons. The van der Waals surface area contributed by atoms with Crippen molar-refractivity contribution in [2.75, 3.05) is 26.2 Å². The Labute approximate surface area is 177 Å². The van der Waals surface area contributed by atoms with E-state index >= 15 is 0 Å². The van der Waals surface area contributed by atoms with Crippen molar-refractivity contribution < 1.29 is 22.7 Å². The molecule has 2 fully saturated rings. The molecule has 2 aliphatic heterocycles. The molecule has 2 amide bonds. The van der Waals surface area contributed by atoms with Crippen LogP contribution in [-0.2, 0) is 26.2 Å². The number of carbonyl (C=O) groups excluding carboxylic acids is 2. The Kier molecular flexibility index (Phi) is 7.49. The lowest BCUT2D eigenvalue weighted by Gasteiger charge is -2.37. The molecule has 2 heterocycles. The maximum absolute atomic E-state index is 13.0. The summed E-state index contributed by atoms with van der Waals surface area (Å²) in [6.07, 6.45) is 2.79. The first-order chi connectivity index (χ1) is 14.4. The number of nitrogens with one attached hydrogen (secondary N) is 1. The fourth-order valence-electron chi connectivity index (χ4n) is 3.87. The van der Waals surface area contributed by atoms with Crippen LogP contribution in [0.1, 0.15) is 31.2 Å². The smallest absolute Gasteiger partial charge is 0.410 e. The Bertz CT molecular complexity index is 843. The van der Waals surface area contributed by atoms with Crippen LogP contribution in [0.15, 0.2) is 43.0 Å². The van der Waals surface area contributed by atoms with E-state index in [1.165, 1.54) is 10.4 Å². The molecule has 0 bridgehead atoms. The van der Waals surface area contributed by atoms with Crippen LogP contribution in [0.5, 0.6) is 0 Å². The molecule has 9 heteroatoms. The van der Waals surface area contributed by atoms with Gasteiger partial charge in [-0.1, -0.05) is 36.9 Å². The second-order valence-corrected chi connectivity index (χ2v) is 9.87. The second kappa shape index (κ2) is 10.1. The van der Waals surface area contributed by atoms with E-state index in [4.69, 9.17) is 4.74 Å². The summed E-state index contributed by atoms with van der Waals surface area (Å²) in [6.45, 7) is 5.15. The number of ether oxygens (including phenoxy) is 1. The predicted octanol–water partition coefficient (Wildman–Crippen LogP) is 1.88. The van der Waals surface area contributed by atoms with Gasteiger partial charge in [-0.25, -0.2) is 17.5 Å². The van der Waals surface area contributed by atoms with Gasteiger partial charge >= 0.3 is 6.09 Å². The molecule has 0 saturated carbocycles. The first kappa shape index (κ1) is 22.3. The molecule has 1 aromatic carbocycles. The lowest BCUT2D eigenvalue weighted by Crippen LogP contribution is -2.51. The highest BCUT2D eigenvalue weighted by atomic mass is 32.2. The summed E-state index contributed by atoms with van der Waals surface area (Å²) in [6, 6.07) is 9.42. The van der Waals surface area contributed by atoms with E-state index in [0.717, 1.165) is 5.56 Å². The molecular weight excluding hydrogens is 406 g/mol. The summed E-state index contributed by atoms with van der Waals surface area (Å²) in [5.41, 5.74) is 0.913. The van der Waals surface area contributed by atoms with E-state index in [1.54, 1.807) is 4.90 Å². The third-order valence-corrected chi connectivity index (χ3v) is 8.07. The van der Waals surface area contributed by atoms with Crippen molar-refractivity contribution in [2.45, 2.75) is 43.6 Å². The summed E-state index contributed by atoms with van der Waals surface area (Å²) in [5, 5.41) is 2.33. The zero-order valence-corrected chi connectivity index (χ0v) is 17.9. The molecule has 1 N–H and O–H groups in total. The van der Waals surface area contributed by atoms with Crippen molar-refractivity contribution in [3.8, 4) is 0 Å². The van der Waals surface area contributed by atoms with Gasteiger partial charge in [0, 0.05) is 32.2 Å². The van der Waals surface area contributed by atoms with E-state index in [2.05, 4.69) is 11.9 Å². The molecule has 8 nitrogen and oxygen atoms in total. The fraction of sp³-hybridized carbons (Fsp3) is 0.524. The minimum Gasteiger partial charge on any atom is -0.445 e.